The molecule has 0 bridgehead atoms. The van der Waals surface area contributed by atoms with Gasteiger partial charge < -0.3 is 11.1 Å². The Morgan fingerprint density at radius 2 is 1.93 bits per heavy atom. The van der Waals surface area contributed by atoms with Crippen LogP contribution in [-0.2, 0) is 0 Å². The number of nitrogens with two attached hydrogens (primary N) is 1. The van der Waals surface area contributed by atoms with E-state index in [2.05, 4.69) is 39.1 Å². The van der Waals surface area contributed by atoms with E-state index in [0.717, 1.165) is 17.9 Å². The molecule has 0 aliphatic heterocycles. The van der Waals surface area contributed by atoms with Crippen molar-refractivity contribution in [1.82, 2.24) is 0 Å². The third kappa shape index (κ3) is 3.29. The van der Waals surface area contributed by atoms with Crippen molar-refractivity contribution in [1.29, 1.82) is 0 Å². The Kier molecular flexibility index (Phi) is 3.04. The molecule has 3 N–H and O–H groups in total. The Morgan fingerprint density at radius 3 is 2.50 bits per heavy atom. The molecule has 0 atom stereocenters. The first kappa shape index (κ1) is 10.9. The van der Waals surface area contributed by atoms with Crippen molar-refractivity contribution in [2.75, 3.05) is 17.6 Å². The molecule has 0 spiro atoms. The number of hydrogen-bond donors (Lipinski definition) is 2. The molecule has 78 valence electrons. The van der Waals surface area contributed by atoms with Crippen LogP contribution in [0.5, 0.6) is 0 Å². The monoisotopic (exact) mass is 192 g/mol. The fourth-order valence-corrected chi connectivity index (χ4v) is 1.18. The molecule has 0 aliphatic rings. The Bertz CT molecular complexity index is 311. The summed E-state index contributed by atoms with van der Waals surface area (Å²) in [5, 5.41) is 3.37. The number of nitrogen functional groups attached to an aromatic ring is 1. The van der Waals surface area contributed by atoms with Gasteiger partial charge in [-0.3, -0.25) is 0 Å². The molecule has 1 aromatic carbocycles. The van der Waals surface area contributed by atoms with Crippen LogP contribution in [0.15, 0.2) is 18.2 Å². The smallest absolute Gasteiger partial charge is 0.0576 e. The van der Waals surface area contributed by atoms with Gasteiger partial charge in [-0.25, -0.2) is 0 Å². The summed E-state index contributed by atoms with van der Waals surface area (Å²) in [6.07, 6.45) is 0. The quantitative estimate of drug-likeness (QED) is 0.707. The summed E-state index contributed by atoms with van der Waals surface area (Å²) < 4.78 is 0. The molecule has 14 heavy (non-hydrogen) atoms. The molecule has 0 aliphatic carbocycles. The van der Waals surface area contributed by atoms with E-state index >= 15 is 0 Å². The average molecular weight is 192 g/mol. The van der Waals surface area contributed by atoms with Crippen molar-refractivity contribution < 1.29 is 0 Å². The Balaban J connectivity index is 2.72. The van der Waals surface area contributed by atoms with Crippen molar-refractivity contribution in [3.8, 4) is 0 Å². The minimum Gasteiger partial charge on any atom is -0.397 e. The highest BCUT2D eigenvalue weighted by Gasteiger charge is 2.10. The number of nitrogens with one attached hydrogen (secondary N) is 1. The van der Waals surface area contributed by atoms with Gasteiger partial charge in [0.05, 0.1) is 11.4 Å². The largest absolute Gasteiger partial charge is 0.397 e. The standard InChI is InChI=1S/C12H20N2/c1-9-5-6-10(13)11(7-9)14-8-12(2,3)4/h5-7,14H,8,13H2,1-4H3. The molecule has 0 amide bonds. The topological polar surface area (TPSA) is 38.0 Å². The SMILES string of the molecule is Cc1ccc(N)c(NCC(C)(C)C)c1. The lowest BCUT2D eigenvalue weighted by molar-refractivity contribution is 0.443. The van der Waals surface area contributed by atoms with E-state index in [1.54, 1.807) is 0 Å². The number of benzene rings is 1. The minimum atomic E-state index is 0.274. The van der Waals surface area contributed by atoms with Gasteiger partial charge in [0.15, 0.2) is 0 Å². The van der Waals surface area contributed by atoms with Gasteiger partial charge in [0.25, 0.3) is 0 Å². The molecular weight excluding hydrogens is 172 g/mol. The molecule has 2 nitrogen and oxygen atoms in total. The molecule has 0 fully saturated rings. The molecule has 1 aromatic rings. The van der Waals surface area contributed by atoms with Gasteiger partial charge in [0.2, 0.25) is 0 Å². The number of rotatable bonds is 2. The second kappa shape index (κ2) is 3.91. The molecule has 0 radical (unpaired) electrons. The maximum absolute atomic E-state index is 5.86. The van der Waals surface area contributed by atoms with Crippen molar-refractivity contribution >= 4 is 11.4 Å². The number of hydrogen-bond acceptors (Lipinski definition) is 2. The highest BCUT2D eigenvalue weighted by molar-refractivity contribution is 5.66. The summed E-state index contributed by atoms with van der Waals surface area (Å²) >= 11 is 0. The van der Waals surface area contributed by atoms with Gasteiger partial charge in [-0.2, -0.15) is 0 Å². The summed E-state index contributed by atoms with van der Waals surface area (Å²) in [7, 11) is 0. The van der Waals surface area contributed by atoms with Gasteiger partial charge in [-0.1, -0.05) is 26.8 Å². The van der Waals surface area contributed by atoms with Crippen LogP contribution in [0.25, 0.3) is 0 Å². The van der Waals surface area contributed by atoms with E-state index in [0.29, 0.717) is 0 Å². The second-order valence-corrected chi connectivity index (χ2v) is 5.00. The zero-order valence-electron chi connectivity index (χ0n) is 9.52. The fraction of sp³-hybridized carbons (Fsp3) is 0.500. The van der Waals surface area contributed by atoms with Crippen LogP contribution in [-0.4, -0.2) is 6.54 Å². The summed E-state index contributed by atoms with van der Waals surface area (Å²) in [4.78, 5) is 0. The molecule has 0 saturated carbocycles. The Labute approximate surface area is 86.5 Å². The third-order valence-corrected chi connectivity index (χ3v) is 2.02. The lowest BCUT2D eigenvalue weighted by atomic mass is 9.97. The summed E-state index contributed by atoms with van der Waals surface area (Å²) in [5.41, 5.74) is 9.22. The normalized spacial score (nSPS) is 11.4. The highest BCUT2D eigenvalue weighted by atomic mass is 14.9. The van der Waals surface area contributed by atoms with Gasteiger partial charge in [0, 0.05) is 6.54 Å². The minimum absolute atomic E-state index is 0.274. The van der Waals surface area contributed by atoms with Crippen molar-refractivity contribution in [3.05, 3.63) is 23.8 Å². The van der Waals surface area contributed by atoms with Crippen LogP contribution in [0.4, 0.5) is 11.4 Å². The fourth-order valence-electron chi connectivity index (χ4n) is 1.18. The van der Waals surface area contributed by atoms with Crippen LogP contribution in [0, 0.1) is 12.3 Å². The zero-order valence-corrected chi connectivity index (χ0v) is 9.52. The zero-order chi connectivity index (χ0) is 10.8. The predicted molar refractivity (Wildman–Crippen MR) is 63.5 cm³/mol. The predicted octanol–water partition coefficient (Wildman–Crippen LogP) is 3.04. The van der Waals surface area contributed by atoms with Gasteiger partial charge in [-0.05, 0) is 30.0 Å². The first-order chi connectivity index (χ1) is 6.38. The van der Waals surface area contributed by atoms with E-state index in [9.17, 15) is 0 Å². The van der Waals surface area contributed by atoms with Crippen molar-refractivity contribution in [2.45, 2.75) is 27.7 Å². The van der Waals surface area contributed by atoms with Crippen LogP contribution in [0.1, 0.15) is 26.3 Å². The molecule has 0 heterocycles. The van der Waals surface area contributed by atoms with E-state index in [4.69, 9.17) is 5.73 Å². The van der Waals surface area contributed by atoms with Crippen molar-refractivity contribution in [3.63, 3.8) is 0 Å². The molecule has 2 heteroatoms. The van der Waals surface area contributed by atoms with Crippen LogP contribution >= 0.6 is 0 Å². The molecule has 1 rings (SSSR count). The maximum Gasteiger partial charge on any atom is 0.0576 e. The van der Waals surface area contributed by atoms with Crippen LogP contribution in [0.3, 0.4) is 0 Å². The average Bonchev–Trinajstić information content (AvgIpc) is 2.05. The Morgan fingerprint density at radius 1 is 1.29 bits per heavy atom. The van der Waals surface area contributed by atoms with Crippen LogP contribution in [0.2, 0.25) is 0 Å². The Hall–Kier alpha value is -1.18. The number of anilines is 2. The molecule has 0 saturated heterocycles. The van der Waals surface area contributed by atoms with Gasteiger partial charge in [0.1, 0.15) is 0 Å². The first-order valence-corrected chi connectivity index (χ1v) is 4.98. The maximum atomic E-state index is 5.86. The lowest BCUT2D eigenvalue weighted by Gasteiger charge is -2.20. The highest BCUT2D eigenvalue weighted by Crippen LogP contribution is 2.22. The third-order valence-electron chi connectivity index (χ3n) is 2.02. The molecular formula is C12H20N2. The molecule has 0 unspecified atom stereocenters. The van der Waals surface area contributed by atoms with Crippen LogP contribution < -0.4 is 11.1 Å². The van der Waals surface area contributed by atoms with E-state index in [-0.39, 0.29) is 5.41 Å². The lowest BCUT2D eigenvalue weighted by Crippen LogP contribution is -2.19. The first-order valence-electron chi connectivity index (χ1n) is 4.98. The molecule has 0 aromatic heterocycles. The van der Waals surface area contributed by atoms with Gasteiger partial charge >= 0.3 is 0 Å². The second-order valence-electron chi connectivity index (χ2n) is 5.00. The van der Waals surface area contributed by atoms with Crippen molar-refractivity contribution in [2.24, 2.45) is 5.41 Å². The summed E-state index contributed by atoms with van der Waals surface area (Å²) in [5.74, 6) is 0. The summed E-state index contributed by atoms with van der Waals surface area (Å²) in [6, 6.07) is 6.05. The van der Waals surface area contributed by atoms with E-state index in [1.807, 2.05) is 12.1 Å². The van der Waals surface area contributed by atoms with E-state index < -0.39 is 0 Å². The number of aryl methyl sites for hydroxylation is 1. The summed E-state index contributed by atoms with van der Waals surface area (Å²) in [6.45, 7) is 9.60. The van der Waals surface area contributed by atoms with E-state index in [1.165, 1.54) is 5.56 Å². The van der Waals surface area contributed by atoms with Gasteiger partial charge in [-0.15, -0.1) is 0 Å².